The number of nitrogens with one attached hydrogen (secondary N) is 1. The zero-order valence-electron chi connectivity index (χ0n) is 21.2. The monoisotopic (exact) mass is 495 g/mol. The first-order valence-corrected chi connectivity index (χ1v) is 12.6. The van der Waals surface area contributed by atoms with E-state index in [1.54, 1.807) is 19.5 Å². The van der Waals surface area contributed by atoms with Crippen LogP contribution in [0, 0.1) is 6.92 Å². The van der Waals surface area contributed by atoms with Crippen molar-refractivity contribution in [1.29, 1.82) is 0 Å². The molecule has 37 heavy (non-hydrogen) atoms. The molecule has 3 heterocycles. The van der Waals surface area contributed by atoms with E-state index in [1.807, 2.05) is 48.0 Å². The summed E-state index contributed by atoms with van der Waals surface area (Å²) in [6.07, 6.45) is 8.04. The first kappa shape index (κ1) is 23.2. The predicted octanol–water partition coefficient (Wildman–Crippen LogP) is 5.93. The van der Waals surface area contributed by atoms with Gasteiger partial charge in [0.25, 0.3) is 0 Å². The molecule has 0 radical (unpaired) electrons. The number of anilines is 2. The van der Waals surface area contributed by atoms with Crippen LogP contribution >= 0.6 is 0 Å². The van der Waals surface area contributed by atoms with E-state index in [9.17, 15) is 4.79 Å². The number of aryl methyl sites for hydroxylation is 1. The minimum Gasteiger partial charge on any atom is -0.481 e. The van der Waals surface area contributed by atoms with Gasteiger partial charge in [0.1, 0.15) is 5.82 Å². The average Bonchev–Trinajstić information content (AvgIpc) is 3.86. The Bertz CT molecular complexity index is 1470. The van der Waals surface area contributed by atoms with Gasteiger partial charge in [-0.05, 0) is 73.9 Å². The summed E-state index contributed by atoms with van der Waals surface area (Å²) in [5.41, 5.74) is 6.18. The van der Waals surface area contributed by atoms with Gasteiger partial charge in [-0.25, -0.2) is 14.8 Å². The first-order chi connectivity index (χ1) is 18.1. The summed E-state index contributed by atoms with van der Waals surface area (Å²) in [6.45, 7) is 2.02. The molecule has 188 valence electrons. The van der Waals surface area contributed by atoms with E-state index in [0.29, 0.717) is 29.0 Å². The Balaban J connectivity index is 1.55. The third-order valence-electron chi connectivity index (χ3n) is 7.04. The second-order valence-electron chi connectivity index (χ2n) is 9.72. The van der Waals surface area contributed by atoms with Crippen LogP contribution in [0.25, 0.3) is 16.9 Å². The fraction of sp³-hybridized carbons (Fsp3) is 0.310. The van der Waals surface area contributed by atoms with Crippen LogP contribution in [0.3, 0.4) is 0 Å². The molecule has 8 nitrogen and oxygen atoms in total. The van der Waals surface area contributed by atoms with Gasteiger partial charge in [-0.15, -0.1) is 0 Å². The van der Waals surface area contributed by atoms with Gasteiger partial charge in [0, 0.05) is 35.5 Å². The molecule has 2 saturated carbocycles. The number of rotatable bonds is 8. The lowest BCUT2D eigenvalue weighted by Gasteiger charge is -2.16. The molecule has 4 aromatic rings. The summed E-state index contributed by atoms with van der Waals surface area (Å²) in [5, 5.41) is 8.65. The second kappa shape index (κ2) is 9.35. The molecule has 3 aromatic heterocycles. The maximum absolute atomic E-state index is 12.9. The smallest absolute Gasteiger partial charge is 0.339 e. The quantitative estimate of drug-likeness (QED) is 0.303. The van der Waals surface area contributed by atoms with Crippen LogP contribution < -0.4 is 10.1 Å². The van der Waals surface area contributed by atoms with Crippen LogP contribution in [-0.4, -0.2) is 39.9 Å². The highest BCUT2D eigenvalue weighted by atomic mass is 16.5. The Morgan fingerprint density at radius 2 is 1.84 bits per heavy atom. The van der Waals surface area contributed by atoms with Gasteiger partial charge in [0.05, 0.1) is 31.2 Å². The second-order valence-corrected chi connectivity index (χ2v) is 9.72. The number of pyridine rings is 2. The van der Waals surface area contributed by atoms with Gasteiger partial charge in [-0.3, -0.25) is 0 Å². The standard InChI is InChI=1S/C29H29N5O3/c1-17-5-4-14-30-27(17)34-28(32-23-12-10-20(18-6-7-18)15-22(23)29(35)37-3)25(26(33-34)19-8-9-19)21-11-13-24(36-2)31-16-21/h4-5,10-16,18-19,32H,6-9H2,1-3H3. The van der Waals surface area contributed by atoms with Crippen LogP contribution in [0.5, 0.6) is 5.88 Å². The fourth-order valence-electron chi connectivity index (χ4n) is 4.73. The molecule has 0 saturated heterocycles. The van der Waals surface area contributed by atoms with E-state index in [1.165, 1.54) is 12.7 Å². The number of carbonyl (C=O) groups excluding carboxylic acids is 1. The lowest BCUT2D eigenvalue weighted by atomic mass is 10.0. The van der Waals surface area contributed by atoms with Crippen LogP contribution in [0.2, 0.25) is 0 Å². The molecule has 0 bridgehead atoms. The van der Waals surface area contributed by atoms with E-state index in [2.05, 4.69) is 21.4 Å². The number of hydrogen-bond donors (Lipinski definition) is 1. The highest BCUT2D eigenvalue weighted by molar-refractivity contribution is 5.97. The minimum atomic E-state index is -0.375. The van der Waals surface area contributed by atoms with Crippen LogP contribution in [0.1, 0.15) is 64.7 Å². The Morgan fingerprint density at radius 1 is 1.03 bits per heavy atom. The molecule has 0 unspecified atom stereocenters. The molecule has 8 heteroatoms. The number of ether oxygens (including phenoxy) is 2. The van der Waals surface area contributed by atoms with Crippen molar-refractivity contribution in [2.24, 2.45) is 0 Å². The number of methoxy groups -OCH3 is 2. The van der Waals surface area contributed by atoms with E-state index in [-0.39, 0.29) is 5.97 Å². The molecule has 1 aromatic carbocycles. The molecule has 2 fully saturated rings. The number of aromatic nitrogens is 4. The molecule has 0 atom stereocenters. The lowest BCUT2D eigenvalue weighted by Crippen LogP contribution is -2.10. The number of esters is 1. The Hall–Kier alpha value is -4.20. The molecule has 1 N–H and O–H groups in total. The largest absolute Gasteiger partial charge is 0.481 e. The van der Waals surface area contributed by atoms with Gasteiger partial charge < -0.3 is 14.8 Å². The van der Waals surface area contributed by atoms with Crippen molar-refractivity contribution in [3.8, 4) is 22.8 Å². The highest BCUT2D eigenvalue weighted by Crippen LogP contribution is 2.48. The SMILES string of the molecule is COC(=O)c1cc(C2CC2)ccc1Nc1c(-c2ccc(OC)nc2)c(C2CC2)nn1-c1ncccc1C. The van der Waals surface area contributed by atoms with E-state index in [0.717, 1.165) is 59.7 Å². The highest BCUT2D eigenvalue weighted by Gasteiger charge is 2.34. The summed E-state index contributed by atoms with van der Waals surface area (Å²) in [5.74, 6) is 2.51. The number of hydrogen-bond acceptors (Lipinski definition) is 7. The topological polar surface area (TPSA) is 91.2 Å². The molecule has 6 rings (SSSR count). The van der Waals surface area contributed by atoms with Gasteiger partial charge in [0.15, 0.2) is 5.82 Å². The molecule has 0 aliphatic heterocycles. The summed E-state index contributed by atoms with van der Waals surface area (Å²) in [4.78, 5) is 22.0. The van der Waals surface area contributed by atoms with E-state index < -0.39 is 0 Å². The summed E-state index contributed by atoms with van der Waals surface area (Å²) >= 11 is 0. The minimum absolute atomic E-state index is 0.361. The van der Waals surface area contributed by atoms with Crippen molar-refractivity contribution in [3.05, 3.63) is 77.2 Å². The molecule has 0 spiro atoms. The Morgan fingerprint density at radius 3 is 2.49 bits per heavy atom. The van der Waals surface area contributed by atoms with Gasteiger partial charge >= 0.3 is 5.97 Å². The van der Waals surface area contributed by atoms with Crippen molar-refractivity contribution < 1.29 is 14.3 Å². The van der Waals surface area contributed by atoms with E-state index >= 15 is 0 Å². The number of carbonyl (C=O) groups is 1. The van der Waals surface area contributed by atoms with Gasteiger partial charge in [0.2, 0.25) is 5.88 Å². The van der Waals surface area contributed by atoms with Crippen LogP contribution in [0.4, 0.5) is 11.5 Å². The van der Waals surface area contributed by atoms with Crippen molar-refractivity contribution >= 4 is 17.5 Å². The maximum Gasteiger partial charge on any atom is 0.339 e. The molecular formula is C29H29N5O3. The van der Waals surface area contributed by atoms with Gasteiger partial charge in [-0.1, -0.05) is 12.1 Å². The van der Waals surface area contributed by atoms with Gasteiger partial charge in [-0.2, -0.15) is 9.78 Å². The first-order valence-electron chi connectivity index (χ1n) is 12.6. The van der Waals surface area contributed by atoms with Crippen molar-refractivity contribution in [1.82, 2.24) is 19.7 Å². The van der Waals surface area contributed by atoms with Crippen LogP contribution in [-0.2, 0) is 4.74 Å². The molecule has 2 aliphatic carbocycles. The zero-order valence-corrected chi connectivity index (χ0v) is 21.2. The Kier molecular flexibility index (Phi) is 5.87. The lowest BCUT2D eigenvalue weighted by molar-refractivity contribution is 0.0601. The summed E-state index contributed by atoms with van der Waals surface area (Å²) in [6, 6.07) is 13.8. The molecule has 0 amide bonds. The van der Waals surface area contributed by atoms with Crippen LogP contribution in [0.15, 0.2) is 54.9 Å². The predicted molar refractivity (Wildman–Crippen MR) is 141 cm³/mol. The van der Waals surface area contributed by atoms with Crippen molar-refractivity contribution in [3.63, 3.8) is 0 Å². The third kappa shape index (κ3) is 4.43. The third-order valence-corrected chi connectivity index (χ3v) is 7.04. The summed E-state index contributed by atoms with van der Waals surface area (Å²) in [7, 11) is 3.02. The van der Waals surface area contributed by atoms with E-state index in [4.69, 9.17) is 14.6 Å². The van der Waals surface area contributed by atoms with Crippen molar-refractivity contribution in [2.75, 3.05) is 19.5 Å². The number of nitrogens with zero attached hydrogens (tertiary/aromatic N) is 4. The average molecular weight is 496 g/mol. The maximum atomic E-state index is 12.9. The molecule has 2 aliphatic rings. The molecular weight excluding hydrogens is 466 g/mol. The fourth-order valence-corrected chi connectivity index (χ4v) is 4.73. The Labute approximate surface area is 215 Å². The van der Waals surface area contributed by atoms with Crippen molar-refractivity contribution in [2.45, 2.75) is 44.4 Å². The zero-order chi connectivity index (χ0) is 25.5. The normalized spacial score (nSPS) is 14.9. The number of benzene rings is 1. The summed E-state index contributed by atoms with van der Waals surface area (Å²) < 4.78 is 12.3.